The molecule has 0 bridgehead atoms. The van der Waals surface area contributed by atoms with Gasteiger partial charge < -0.3 is 18.9 Å². The molecule has 8 nitrogen and oxygen atoms in total. The summed E-state index contributed by atoms with van der Waals surface area (Å²) in [5.74, 6) is 2.25. The highest BCUT2D eigenvalue weighted by Crippen LogP contribution is 2.35. The number of para-hydroxylation sites is 1. The Morgan fingerprint density at radius 2 is 1.80 bits per heavy atom. The van der Waals surface area contributed by atoms with Gasteiger partial charge >= 0.3 is 0 Å². The minimum Gasteiger partial charge on any atom is -0.497 e. The molecule has 0 saturated carbocycles. The first-order valence-corrected chi connectivity index (χ1v) is 10.9. The molecular weight excluding hydrogens is 446 g/mol. The highest BCUT2D eigenvalue weighted by atomic mass is 16.7. The standard InChI is InChI=1S/C27H23N3O5/c1-16(17-8-11-24-26(12-17)35-15-34-24)29-30-27(31)21-14-23(28-22-7-5-4-6-19(21)22)20-10-9-18(32-2)13-25(20)33-3/h4-14H,15H2,1-3H3,(H,30,31)/b29-16-. The van der Waals surface area contributed by atoms with E-state index in [1.165, 1.54) is 0 Å². The summed E-state index contributed by atoms with van der Waals surface area (Å²) in [6.45, 7) is 2.01. The minimum absolute atomic E-state index is 0.197. The lowest BCUT2D eigenvalue weighted by atomic mass is 10.0. The van der Waals surface area contributed by atoms with Crippen molar-refractivity contribution < 1.29 is 23.7 Å². The number of nitrogens with one attached hydrogen (secondary N) is 1. The third kappa shape index (κ3) is 4.33. The van der Waals surface area contributed by atoms with Gasteiger partial charge in [0.1, 0.15) is 11.5 Å². The first-order valence-electron chi connectivity index (χ1n) is 10.9. The van der Waals surface area contributed by atoms with Gasteiger partial charge in [-0.05, 0) is 49.4 Å². The quantitative estimate of drug-likeness (QED) is 0.322. The van der Waals surface area contributed by atoms with Crippen molar-refractivity contribution in [2.45, 2.75) is 6.92 Å². The lowest BCUT2D eigenvalue weighted by Gasteiger charge is -2.13. The Hall–Kier alpha value is -4.59. The lowest BCUT2D eigenvalue weighted by Crippen LogP contribution is -2.20. The van der Waals surface area contributed by atoms with E-state index < -0.39 is 0 Å². The average Bonchev–Trinajstić information content (AvgIpc) is 3.38. The van der Waals surface area contributed by atoms with Crippen LogP contribution in [0, 0.1) is 0 Å². The van der Waals surface area contributed by atoms with Gasteiger partial charge in [-0.3, -0.25) is 4.79 Å². The molecule has 1 aliphatic rings. The minimum atomic E-state index is -0.350. The van der Waals surface area contributed by atoms with Crippen molar-refractivity contribution in [3.63, 3.8) is 0 Å². The van der Waals surface area contributed by atoms with E-state index in [9.17, 15) is 4.79 Å². The number of nitrogens with zero attached hydrogens (tertiary/aromatic N) is 2. The number of hydrazone groups is 1. The molecule has 1 aromatic heterocycles. The first kappa shape index (κ1) is 22.2. The van der Waals surface area contributed by atoms with Crippen molar-refractivity contribution in [2.75, 3.05) is 21.0 Å². The molecule has 0 aliphatic carbocycles. The van der Waals surface area contributed by atoms with Crippen LogP contribution in [0.25, 0.3) is 22.2 Å². The second-order valence-electron chi connectivity index (χ2n) is 7.84. The molecule has 4 aromatic rings. The van der Waals surface area contributed by atoms with Crippen molar-refractivity contribution >= 4 is 22.5 Å². The van der Waals surface area contributed by atoms with E-state index >= 15 is 0 Å². The maximum Gasteiger partial charge on any atom is 0.272 e. The molecule has 1 amide bonds. The Morgan fingerprint density at radius 3 is 2.63 bits per heavy atom. The molecule has 5 rings (SSSR count). The van der Waals surface area contributed by atoms with Gasteiger partial charge in [-0.2, -0.15) is 5.10 Å². The molecule has 1 N–H and O–H groups in total. The molecule has 3 aromatic carbocycles. The van der Waals surface area contributed by atoms with E-state index in [4.69, 9.17) is 23.9 Å². The van der Waals surface area contributed by atoms with Crippen LogP contribution in [0.4, 0.5) is 0 Å². The summed E-state index contributed by atoms with van der Waals surface area (Å²) in [7, 11) is 3.18. The monoisotopic (exact) mass is 469 g/mol. The van der Waals surface area contributed by atoms with Crippen LogP contribution in [0.2, 0.25) is 0 Å². The molecule has 0 fully saturated rings. The Bertz CT molecular complexity index is 1460. The third-order valence-corrected chi connectivity index (χ3v) is 5.76. The fraction of sp³-hybridized carbons (Fsp3) is 0.148. The Morgan fingerprint density at radius 1 is 0.971 bits per heavy atom. The lowest BCUT2D eigenvalue weighted by molar-refractivity contribution is 0.0956. The summed E-state index contributed by atoms with van der Waals surface area (Å²) in [4.78, 5) is 18.0. The number of benzene rings is 3. The Kier molecular flexibility index (Phi) is 5.93. The predicted molar refractivity (Wildman–Crippen MR) is 133 cm³/mol. The van der Waals surface area contributed by atoms with Gasteiger partial charge in [0.15, 0.2) is 11.5 Å². The molecule has 1 aliphatic heterocycles. The molecule has 0 atom stereocenters. The van der Waals surface area contributed by atoms with Crippen molar-refractivity contribution in [1.82, 2.24) is 10.4 Å². The predicted octanol–water partition coefficient (Wildman–Crippen LogP) is 4.80. The van der Waals surface area contributed by atoms with Gasteiger partial charge in [-0.15, -0.1) is 0 Å². The number of carbonyl (C=O) groups excluding carboxylic acids is 1. The number of ether oxygens (including phenoxy) is 4. The number of rotatable bonds is 6. The maximum absolute atomic E-state index is 13.3. The van der Waals surface area contributed by atoms with Gasteiger partial charge in [-0.25, -0.2) is 10.4 Å². The van der Waals surface area contributed by atoms with E-state index in [1.807, 2.05) is 61.5 Å². The van der Waals surface area contributed by atoms with Crippen molar-refractivity contribution in [2.24, 2.45) is 5.10 Å². The SMILES string of the molecule is COc1ccc(-c2cc(C(=O)N/N=C(/C)c3ccc4c(c3)OCO4)c3ccccc3n2)c(OC)c1. The van der Waals surface area contributed by atoms with Crippen LogP contribution in [0.1, 0.15) is 22.8 Å². The van der Waals surface area contributed by atoms with E-state index in [1.54, 1.807) is 26.4 Å². The summed E-state index contributed by atoms with van der Waals surface area (Å²) < 4.78 is 21.6. The topological polar surface area (TPSA) is 91.3 Å². The van der Waals surface area contributed by atoms with Crippen LogP contribution in [-0.2, 0) is 0 Å². The van der Waals surface area contributed by atoms with Crippen molar-refractivity contribution in [1.29, 1.82) is 0 Å². The smallest absolute Gasteiger partial charge is 0.272 e. The van der Waals surface area contributed by atoms with Crippen molar-refractivity contribution in [3.8, 4) is 34.3 Å². The van der Waals surface area contributed by atoms with Crippen LogP contribution in [0.5, 0.6) is 23.0 Å². The Labute approximate surface area is 202 Å². The fourth-order valence-corrected chi connectivity index (χ4v) is 3.89. The zero-order valence-electron chi connectivity index (χ0n) is 19.5. The molecule has 2 heterocycles. The van der Waals surface area contributed by atoms with Crippen molar-refractivity contribution in [3.05, 3.63) is 77.9 Å². The molecule has 0 unspecified atom stereocenters. The number of aromatic nitrogens is 1. The van der Waals surface area contributed by atoms with Gasteiger partial charge in [0.25, 0.3) is 5.91 Å². The molecule has 35 heavy (non-hydrogen) atoms. The molecule has 0 spiro atoms. The largest absolute Gasteiger partial charge is 0.497 e. The molecular formula is C27H23N3O5. The number of carbonyl (C=O) groups is 1. The van der Waals surface area contributed by atoms with E-state index in [0.717, 1.165) is 16.5 Å². The average molecular weight is 469 g/mol. The van der Waals surface area contributed by atoms with Gasteiger partial charge in [-0.1, -0.05) is 18.2 Å². The van der Waals surface area contributed by atoms with Gasteiger partial charge in [0.05, 0.1) is 36.7 Å². The number of pyridine rings is 1. The Balaban J connectivity index is 1.50. The summed E-state index contributed by atoms with van der Waals surface area (Å²) in [6, 6.07) is 20.2. The zero-order valence-corrected chi connectivity index (χ0v) is 19.5. The summed E-state index contributed by atoms with van der Waals surface area (Å²) in [6.07, 6.45) is 0. The van der Waals surface area contributed by atoms with Gasteiger partial charge in [0, 0.05) is 22.6 Å². The van der Waals surface area contributed by atoms with Crippen LogP contribution >= 0.6 is 0 Å². The van der Waals surface area contributed by atoms with E-state index in [2.05, 4.69) is 10.5 Å². The summed E-state index contributed by atoms with van der Waals surface area (Å²) >= 11 is 0. The van der Waals surface area contributed by atoms with Crippen LogP contribution in [0.15, 0.2) is 71.8 Å². The first-order chi connectivity index (χ1) is 17.1. The number of hydrogen-bond acceptors (Lipinski definition) is 7. The summed E-state index contributed by atoms with van der Waals surface area (Å²) in [5.41, 5.74) is 6.61. The third-order valence-electron chi connectivity index (χ3n) is 5.76. The second-order valence-corrected chi connectivity index (χ2v) is 7.84. The molecule has 176 valence electrons. The molecule has 8 heteroatoms. The van der Waals surface area contributed by atoms with Crippen LogP contribution in [0.3, 0.4) is 0 Å². The molecule has 0 saturated heterocycles. The normalized spacial score (nSPS) is 12.5. The number of methoxy groups -OCH3 is 2. The second kappa shape index (κ2) is 9.34. The highest BCUT2D eigenvalue weighted by molar-refractivity contribution is 6.08. The van der Waals surface area contributed by atoms with Crippen LogP contribution in [-0.4, -0.2) is 37.6 Å². The summed E-state index contributed by atoms with van der Waals surface area (Å²) in [5, 5.41) is 5.04. The van der Waals surface area contributed by atoms with E-state index in [0.29, 0.717) is 45.5 Å². The number of amides is 1. The molecule has 0 radical (unpaired) electrons. The van der Waals surface area contributed by atoms with E-state index in [-0.39, 0.29) is 12.7 Å². The highest BCUT2D eigenvalue weighted by Gasteiger charge is 2.17. The maximum atomic E-state index is 13.3. The van der Waals surface area contributed by atoms with Crippen LogP contribution < -0.4 is 24.4 Å². The zero-order chi connectivity index (χ0) is 24.4. The van der Waals surface area contributed by atoms with Gasteiger partial charge in [0.2, 0.25) is 6.79 Å². The number of fused-ring (bicyclic) bond motifs is 2. The number of hydrogen-bond donors (Lipinski definition) is 1. The fourth-order valence-electron chi connectivity index (χ4n) is 3.89.